The standard InChI is InChI=1S/C24H34N2O3S/c1-18(2)20-12-14-22(15-13-20)26(30(6,28)29)17-23(27)25-19(3)16-24(4,5)21-10-8-7-9-11-21/h7-15,18-19H,16-17H2,1-6H3,(H,25,27). The zero-order chi connectivity index (χ0) is 22.5. The SMILES string of the molecule is CC(CC(C)(C)c1ccccc1)NC(=O)CN(c1ccc(C(C)C)cc1)S(C)(=O)=O. The molecule has 2 aromatic rings. The van der Waals surface area contributed by atoms with E-state index in [9.17, 15) is 13.2 Å². The summed E-state index contributed by atoms with van der Waals surface area (Å²) < 4.78 is 25.8. The molecule has 164 valence electrons. The van der Waals surface area contributed by atoms with Crippen LogP contribution in [0.5, 0.6) is 0 Å². The van der Waals surface area contributed by atoms with Crippen LogP contribution in [0, 0.1) is 0 Å². The van der Waals surface area contributed by atoms with Crippen LogP contribution in [0.3, 0.4) is 0 Å². The first-order chi connectivity index (χ1) is 13.9. The summed E-state index contributed by atoms with van der Waals surface area (Å²) in [4.78, 5) is 12.7. The second-order valence-electron chi connectivity index (χ2n) is 8.94. The number of sulfonamides is 1. The van der Waals surface area contributed by atoms with Gasteiger partial charge in [-0.15, -0.1) is 0 Å². The minimum atomic E-state index is -3.59. The Morgan fingerprint density at radius 1 is 1.00 bits per heavy atom. The molecular weight excluding hydrogens is 396 g/mol. The lowest BCUT2D eigenvalue weighted by Crippen LogP contribution is -2.44. The minimum absolute atomic E-state index is 0.0996. The van der Waals surface area contributed by atoms with Crippen LogP contribution < -0.4 is 9.62 Å². The number of hydrogen-bond acceptors (Lipinski definition) is 3. The van der Waals surface area contributed by atoms with Gasteiger partial charge in [0, 0.05) is 6.04 Å². The van der Waals surface area contributed by atoms with E-state index in [1.165, 1.54) is 5.56 Å². The fraction of sp³-hybridized carbons (Fsp3) is 0.458. The lowest BCUT2D eigenvalue weighted by atomic mass is 9.79. The van der Waals surface area contributed by atoms with Gasteiger partial charge in [0.1, 0.15) is 6.54 Å². The molecule has 0 radical (unpaired) electrons. The fourth-order valence-electron chi connectivity index (χ4n) is 3.70. The van der Waals surface area contributed by atoms with Gasteiger partial charge in [-0.25, -0.2) is 8.42 Å². The molecule has 5 nitrogen and oxygen atoms in total. The third-order valence-electron chi connectivity index (χ3n) is 5.31. The minimum Gasteiger partial charge on any atom is -0.352 e. The van der Waals surface area contributed by atoms with Crippen LogP contribution in [-0.4, -0.2) is 33.2 Å². The Morgan fingerprint density at radius 2 is 1.57 bits per heavy atom. The van der Waals surface area contributed by atoms with E-state index in [1.54, 1.807) is 12.1 Å². The van der Waals surface area contributed by atoms with Gasteiger partial charge in [-0.3, -0.25) is 9.10 Å². The highest BCUT2D eigenvalue weighted by molar-refractivity contribution is 7.92. The first kappa shape index (κ1) is 23.9. The van der Waals surface area contributed by atoms with Gasteiger partial charge in [-0.05, 0) is 47.9 Å². The molecule has 0 aliphatic rings. The number of nitrogens with one attached hydrogen (secondary N) is 1. The predicted molar refractivity (Wildman–Crippen MR) is 124 cm³/mol. The lowest BCUT2D eigenvalue weighted by molar-refractivity contribution is -0.120. The summed E-state index contributed by atoms with van der Waals surface area (Å²) in [5, 5.41) is 2.96. The molecule has 1 amide bonds. The first-order valence-electron chi connectivity index (χ1n) is 10.3. The molecular formula is C24H34N2O3S. The molecule has 6 heteroatoms. The van der Waals surface area contributed by atoms with Crippen molar-refractivity contribution in [2.75, 3.05) is 17.1 Å². The monoisotopic (exact) mass is 430 g/mol. The van der Waals surface area contributed by atoms with Gasteiger partial charge in [-0.2, -0.15) is 0 Å². The second kappa shape index (κ2) is 9.65. The number of carbonyl (C=O) groups excluding carboxylic acids is 1. The van der Waals surface area contributed by atoms with Crippen LogP contribution >= 0.6 is 0 Å². The van der Waals surface area contributed by atoms with Crippen LogP contribution in [0.25, 0.3) is 0 Å². The van der Waals surface area contributed by atoms with Crippen molar-refractivity contribution in [3.63, 3.8) is 0 Å². The van der Waals surface area contributed by atoms with Crippen molar-refractivity contribution in [3.8, 4) is 0 Å². The molecule has 1 unspecified atom stereocenters. The molecule has 0 fully saturated rings. The van der Waals surface area contributed by atoms with Gasteiger partial charge in [0.2, 0.25) is 15.9 Å². The van der Waals surface area contributed by atoms with Gasteiger partial charge in [-0.1, -0.05) is 70.2 Å². The van der Waals surface area contributed by atoms with Crippen molar-refractivity contribution in [3.05, 3.63) is 65.7 Å². The van der Waals surface area contributed by atoms with E-state index >= 15 is 0 Å². The van der Waals surface area contributed by atoms with E-state index in [2.05, 4.69) is 45.1 Å². The summed E-state index contributed by atoms with van der Waals surface area (Å²) >= 11 is 0. The number of carbonyl (C=O) groups is 1. The van der Waals surface area contributed by atoms with Crippen molar-refractivity contribution in [1.29, 1.82) is 0 Å². The van der Waals surface area contributed by atoms with Crippen LogP contribution in [0.15, 0.2) is 54.6 Å². The average Bonchev–Trinajstić information content (AvgIpc) is 2.65. The van der Waals surface area contributed by atoms with E-state index in [-0.39, 0.29) is 23.9 Å². The fourth-order valence-corrected chi connectivity index (χ4v) is 4.56. The van der Waals surface area contributed by atoms with Gasteiger partial charge in [0.25, 0.3) is 0 Å². The molecule has 2 aromatic carbocycles. The van der Waals surface area contributed by atoms with Crippen LogP contribution in [0.2, 0.25) is 0 Å². The number of rotatable bonds is 9. The highest BCUT2D eigenvalue weighted by atomic mass is 32.2. The van der Waals surface area contributed by atoms with Crippen molar-refractivity contribution in [2.45, 2.75) is 58.4 Å². The Kier molecular flexibility index (Phi) is 7.70. The molecule has 0 saturated carbocycles. The summed E-state index contributed by atoms with van der Waals surface area (Å²) in [6.45, 7) is 10.2. The van der Waals surface area contributed by atoms with Crippen molar-refractivity contribution >= 4 is 21.6 Å². The summed E-state index contributed by atoms with van der Waals surface area (Å²) in [6.07, 6.45) is 1.86. The summed E-state index contributed by atoms with van der Waals surface area (Å²) in [5.74, 6) is 0.0348. The third-order valence-corrected chi connectivity index (χ3v) is 6.46. The topological polar surface area (TPSA) is 66.5 Å². The Labute approximate surface area is 181 Å². The Bertz CT molecular complexity index is 936. The maximum atomic E-state index is 12.7. The zero-order valence-corrected chi connectivity index (χ0v) is 19.7. The Hall–Kier alpha value is -2.34. The third kappa shape index (κ3) is 6.59. The molecule has 1 N–H and O–H groups in total. The van der Waals surface area contributed by atoms with Gasteiger partial charge in [0.05, 0.1) is 11.9 Å². The molecule has 2 rings (SSSR count). The Balaban J connectivity index is 2.07. The van der Waals surface area contributed by atoms with Crippen LogP contribution in [0.4, 0.5) is 5.69 Å². The molecule has 0 spiro atoms. The van der Waals surface area contributed by atoms with E-state index in [0.29, 0.717) is 11.6 Å². The molecule has 0 saturated heterocycles. The maximum absolute atomic E-state index is 12.7. The van der Waals surface area contributed by atoms with Crippen molar-refractivity contribution in [1.82, 2.24) is 5.32 Å². The smallest absolute Gasteiger partial charge is 0.240 e. The lowest BCUT2D eigenvalue weighted by Gasteiger charge is -2.30. The van der Waals surface area contributed by atoms with E-state index in [0.717, 1.165) is 22.5 Å². The molecule has 0 aromatic heterocycles. The Morgan fingerprint density at radius 3 is 2.07 bits per heavy atom. The maximum Gasteiger partial charge on any atom is 0.240 e. The number of benzene rings is 2. The number of hydrogen-bond donors (Lipinski definition) is 1. The van der Waals surface area contributed by atoms with E-state index < -0.39 is 10.0 Å². The molecule has 0 aliphatic carbocycles. The summed E-state index contributed by atoms with van der Waals surface area (Å²) in [6, 6.07) is 17.4. The first-order valence-corrected chi connectivity index (χ1v) is 12.2. The molecule has 1 atom stereocenters. The number of amides is 1. The van der Waals surface area contributed by atoms with Crippen molar-refractivity contribution in [2.24, 2.45) is 0 Å². The predicted octanol–water partition coefficient (Wildman–Crippen LogP) is 4.45. The molecule has 30 heavy (non-hydrogen) atoms. The van der Waals surface area contributed by atoms with Gasteiger partial charge >= 0.3 is 0 Å². The number of anilines is 1. The van der Waals surface area contributed by atoms with Crippen LogP contribution in [0.1, 0.15) is 58.1 Å². The second-order valence-corrected chi connectivity index (χ2v) is 10.8. The van der Waals surface area contributed by atoms with Crippen molar-refractivity contribution < 1.29 is 13.2 Å². The summed E-state index contributed by atoms with van der Waals surface area (Å²) in [5.41, 5.74) is 2.70. The van der Waals surface area contributed by atoms with Gasteiger partial charge < -0.3 is 5.32 Å². The molecule has 0 bridgehead atoms. The van der Waals surface area contributed by atoms with E-state index in [1.807, 2.05) is 37.3 Å². The normalized spacial score (nSPS) is 13.2. The quantitative estimate of drug-likeness (QED) is 0.639. The highest BCUT2D eigenvalue weighted by Gasteiger charge is 2.26. The molecule has 0 heterocycles. The average molecular weight is 431 g/mol. The van der Waals surface area contributed by atoms with E-state index in [4.69, 9.17) is 0 Å². The number of nitrogens with zero attached hydrogens (tertiary/aromatic N) is 1. The van der Waals surface area contributed by atoms with Gasteiger partial charge in [0.15, 0.2) is 0 Å². The van der Waals surface area contributed by atoms with Crippen LogP contribution in [-0.2, 0) is 20.2 Å². The highest BCUT2D eigenvalue weighted by Crippen LogP contribution is 2.28. The molecule has 0 aliphatic heterocycles. The zero-order valence-electron chi connectivity index (χ0n) is 18.8. The largest absolute Gasteiger partial charge is 0.352 e. The summed E-state index contributed by atoms with van der Waals surface area (Å²) in [7, 11) is -3.59.